The van der Waals surface area contributed by atoms with E-state index in [0.29, 0.717) is 11.0 Å². The van der Waals surface area contributed by atoms with Gasteiger partial charge in [0.05, 0.1) is 13.2 Å². The number of hydrogen-bond donors (Lipinski definition) is 2. The Morgan fingerprint density at radius 2 is 1.21 bits per heavy atom. The van der Waals surface area contributed by atoms with Gasteiger partial charge in [-0.05, 0) is 35.4 Å². The summed E-state index contributed by atoms with van der Waals surface area (Å²) in [4.78, 5) is 8.30. The van der Waals surface area contributed by atoms with Crippen molar-refractivity contribution in [2.75, 3.05) is 0 Å². The van der Waals surface area contributed by atoms with Crippen LogP contribution in [0.1, 0.15) is 11.1 Å². The van der Waals surface area contributed by atoms with Gasteiger partial charge in [0.25, 0.3) is 0 Å². The lowest BCUT2D eigenvalue weighted by atomic mass is 10.1. The van der Waals surface area contributed by atoms with Crippen LogP contribution in [0.5, 0.6) is 11.5 Å². The Balaban J connectivity index is 1.44. The second kappa shape index (κ2) is 7.94. The molecule has 8 heteroatoms. The predicted molar refractivity (Wildman–Crippen MR) is 105 cm³/mol. The highest BCUT2D eigenvalue weighted by molar-refractivity contribution is 7.33. The molecule has 0 atom stereocenters. The minimum absolute atomic E-state index is 0.0676. The normalized spacial score (nSPS) is 11.5. The number of rotatable bonds is 6. The summed E-state index contributed by atoms with van der Waals surface area (Å²) in [5.74, 6) is 0.159. The molecule has 28 heavy (non-hydrogen) atoms. The van der Waals surface area contributed by atoms with Crippen molar-refractivity contribution in [1.82, 2.24) is 9.97 Å². The first-order valence-corrected chi connectivity index (χ1v) is 9.76. The van der Waals surface area contributed by atoms with Crippen molar-refractivity contribution in [3.05, 3.63) is 72.1 Å². The van der Waals surface area contributed by atoms with Gasteiger partial charge < -0.3 is 19.3 Å². The fourth-order valence-corrected chi connectivity index (χ4v) is 3.63. The summed E-state index contributed by atoms with van der Waals surface area (Å²) in [6, 6.07) is 13.6. The van der Waals surface area contributed by atoms with Crippen LogP contribution in [-0.4, -0.2) is 20.2 Å². The first-order valence-electron chi connectivity index (χ1n) is 8.54. The monoisotopic (exact) mass is 396 g/mol. The Morgan fingerprint density at radius 3 is 1.68 bits per heavy atom. The highest BCUT2D eigenvalue weighted by Gasteiger charge is 2.10. The predicted octanol–water partition coefficient (Wildman–Crippen LogP) is 4.32. The molecule has 0 bridgehead atoms. The molecule has 2 heterocycles. The first-order chi connectivity index (χ1) is 13.6. The molecule has 0 amide bonds. The summed E-state index contributed by atoms with van der Waals surface area (Å²) in [7, 11) is -2.76. The van der Waals surface area contributed by atoms with Gasteiger partial charge in [-0.25, -0.2) is 0 Å². The van der Waals surface area contributed by atoms with Crippen molar-refractivity contribution < 1.29 is 23.8 Å². The highest BCUT2D eigenvalue weighted by Crippen LogP contribution is 2.33. The number of pyridine rings is 2. The third-order valence-electron chi connectivity index (χ3n) is 4.37. The van der Waals surface area contributed by atoms with Crippen molar-refractivity contribution >= 4 is 30.1 Å². The molecule has 0 saturated heterocycles. The second-order valence-electron chi connectivity index (χ2n) is 6.11. The molecule has 0 unspecified atom stereocenters. The molecule has 0 saturated carbocycles. The number of aromatic hydroxyl groups is 2. The van der Waals surface area contributed by atoms with E-state index >= 15 is 0 Å². The van der Waals surface area contributed by atoms with Gasteiger partial charge in [-0.1, -0.05) is 24.3 Å². The largest absolute Gasteiger partial charge is 0.506 e. The SMILES string of the molecule is O=[PH](OCc1ccc(O)c2ncccc12)OCc1ccc(O)c2ncccc12. The second-order valence-corrected chi connectivity index (χ2v) is 7.19. The zero-order valence-corrected chi connectivity index (χ0v) is 15.7. The van der Waals surface area contributed by atoms with Crippen LogP contribution in [0.15, 0.2) is 60.9 Å². The molecule has 2 aromatic carbocycles. The molecule has 0 spiro atoms. The van der Waals surface area contributed by atoms with Crippen molar-refractivity contribution in [3.8, 4) is 11.5 Å². The lowest BCUT2D eigenvalue weighted by molar-refractivity contribution is 0.214. The number of fused-ring (bicyclic) bond motifs is 2. The molecule has 142 valence electrons. The summed E-state index contributed by atoms with van der Waals surface area (Å²) >= 11 is 0. The van der Waals surface area contributed by atoms with Gasteiger partial charge in [0.15, 0.2) is 0 Å². The standard InChI is InChI=1S/C20H17N2O5P/c23-17-7-5-13(15-3-1-9-21-19(15)17)11-26-28(25)27-12-14-6-8-18(24)20-16(14)4-2-10-22-20/h1-10,23-24,28H,11-12H2. The number of aromatic nitrogens is 2. The van der Waals surface area contributed by atoms with E-state index in [-0.39, 0.29) is 24.7 Å². The zero-order valence-electron chi connectivity index (χ0n) is 14.7. The Morgan fingerprint density at radius 1 is 0.750 bits per heavy atom. The highest BCUT2D eigenvalue weighted by atomic mass is 31.1. The van der Waals surface area contributed by atoms with E-state index in [9.17, 15) is 14.8 Å². The van der Waals surface area contributed by atoms with Gasteiger partial charge in [-0.2, -0.15) is 0 Å². The van der Waals surface area contributed by atoms with E-state index in [1.165, 1.54) is 12.1 Å². The molecule has 0 fully saturated rings. The van der Waals surface area contributed by atoms with E-state index in [1.54, 1.807) is 36.7 Å². The Bertz CT molecular complexity index is 1090. The molecule has 0 aliphatic heterocycles. The molecule has 4 aromatic rings. The van der Waals surface area contributed by atoms with Crippen LogP contribution in [-0.2, 0) is 26.8 Å². The van der Waals surface area contributed by atoms with Crippen molar-refractivity contribution in [2.45, 2.75) is 13.2 Å². The van der Waals surface area contributed by atoms with Gasteiger partial charge in [0.1, 0.15) is 22.5 Å². The van der Waals surface area contributed by atoms with E-state index in [1.807, 2.05) is 12.1 Å². The number of phenols is 2. The van der Waals surface area contributed by atoms with Crippen LogP contribution >= 0.6 is 8.25 Å². The molecule has 0 radical (unpaired) electrons. The summed E-state index contributed by atoms with van der Waals surface area (Å²) in [5, 5.41) is 21.2. The third-order valence-corrected chi connectivity index (χ3v) is 5.13. The van der Waals surface area contributed by atoms with Crippen LogP contribution in [0, 0.1) is 0 Å². The molecule has 0 aliphatic carbocycles. The van der Waals surface area contributed by atoms with Gasteiger partial charge in [0.2, 0.25) is 0 Å². The Hall–Kier alpha value is -2.99. The topological polar surface area (TPSA) is 102 Å². The molecule has 2 N–H and O–H groups in total. The van der Waals surface area contributed by atoms with Gasteiger partial charge in [-0.15, -0.1) is 0 Å². The fourth-order valence-electron chi connectivity index (χ4n) is 3.00. The molecule has 4 rings (SSSR count). The third kappa shape index (κ3) is 3.68. The van der Waals surface area contributed by atoms with E-state index in [4.69, 9.17) is 9.05 Å². The molecular weight excluding hydrogens is 379 g/mol. The maximum atomic E-state index is 12.2. The summed E-state index contributed by atoms with van der Waals surface area (Å²) in [6.07, 6.45) is 3.19. The zero-order chi connectivity index (χ0) is 19.5. The average molecular weight is 396 g/mol. The summed E-state index contributed by atoms with van der Waals surface area (Å²) in [5.41, 5.74) is 2.43. The minimum atomic E-state index is -2.76. The molecule has 2 aromatic heterocycles. The van der Waals surface area contributed by atoms with Gasteiger partial charge in [0, 0.05) is 23.2 Å². The van der Waals surface area contributed by atoms with Gasteiger partial charge in [-0.3, -0.25) is 14.5 Å². The maximum Gasteiger partial charge on any atom is 0.319 e. The maximum absolute atomic E-state index is 12.2. The lowest BCUT2D eigenvalue weighted by Gasteiger charge is -2.10. The molecule has 0 aliphatic rings. The van der Waals surface area contributed by atoms with E-state index in [0.717, 1.165) is 21.9 Å². The average Bonchev–Trinajstić information content (AvgIpc) is 2.73. The van der Waals surface area contributed by atoms with E-state index < -0.39 is 8.25 Å². The van der Waals surface area contributed by atoms with Crippen LogP contribution in [0.2, 0.25) is 0 Å². The van der Waals surface area contributed by atoms with Crippen LogP contribution in [0.4, 0.5) is 0 Å². The first kappa shape index (κ1) is 18.4. The van der Waals surface area contributed by atoms with Crippen molar-refractivity contribution in [3.63, 3.8) is 0 Å². The number of hydrogen-bond acceptors (Lipinski definition) is 7. The number of nitrogens with zero attached hydrogens (tertiary/aromatic N) is 2. The summed E-state index contributed by atoms with van der Waals surface area (Å²) in [6.45, 7) is 0.135. The van der Waals surface area contributed by atoms with E-state index in [2.05, 4.69) is 9.97 Å². The fraction of sp³-hybridized carbons (Fsp3) is 0.100. The molecular formula is C20H17N2O5P. The summed E-state index contributed by atoms with van der Waals surface area (Å²) < 4.78 is 23.0. The van der Waals surface area contributed by atoms with Crippen LogP contribution in [0.25, 0.3) is 21.8 Å². The molecule has 7 nitrogen and oxygen atoms in total. The number of benzene rings is 2. The van der Waals surface area contributed by atoms with Crippen molar-refractivity contribution in [2.24, 2.45) is 0 Å². The lowest BCUT2D eigenvalue weighted by Crippen LogP contribution is -1.93. The Labute approximate surface area is 161 Å². The minimum Gasteiger partial charge on any atom is -0.506 e. The van der Waals surface area contributed by atoms with Crippen molar-refractivity contribution in [1.29, 1.82) is 0 Å². The number of phenolic OH excluding ortho intramolecular Hbond substituents is 2. The quantitative estimate of drug-likeness (QED) is 0.468. The van der Waals surface area contributed by atoms with Crippen LogP contribution in [0.3, 0.4) is 0 Å². The van der Waals surface area contributed by atoms with Gasteiger partial charge >= 0.3 is 8.25 Å². The smallest absolute Gasteiger partial charge is 0.319 e. The van der Waals surface area contributed by atoms with Crippen LogP contribution < -0.4 is 0 Å². The Kier molecular flexibility index (Phi) is 5.21.